The van der Waals surface area contributed by atoms with Gasteiger partial charge in [-0.25, -0.2) is 13.1 Å². The molecule has 1 aromatic heterocycles. The average molecular weight is 309 g/mol. The first kappa shape index (κ1) is 15.7. The Bertz CT molecular complexity index is 723. The molecular weight excluding hydrogens is 290 g/mol. The van der Waals surface area contributed by atoms with Crippen molar-refractivity contribution in [1.82, 2.24) is 14.9 Å². The maximum Gasteiger partial charge on any atom is 0.240 e. The van der Waals surface area contributed by atoms with E-state index in [0.717, 1.165) is 23.2 Å². The first-order chi connectivity index (χ1) is 9.97. The van der Waals surface area contributed by atoms with Crippen LogP contribution in [0.3, 0.4) is 0 Å². The molecule has 21 heavy (non-hydrogen) atoms. The number of rotatable bonds is 6. The van der Waals surface area contributed by atoms with Crippen LogP contribution >= 0.6 is 0 Å². The van der Waals surface area contributed by atoms with Gasteiger partial charge in [0, 0.05) is 17.8 Å². The maximum absolute atomic E-state index is 12.3. The van der Waals surface area contributed by atoms with Crippen LogP contribution in [-0.4, -0.2) is 23.7 Å². The molecule has 0 spiro atoms. The third-order valence-corrected chi connectivity index (χ3v) is 4.83. The largest absolute Gasteiger partial charge is 0.392 e. The highest BCUT2D eigenvalue weighted by molar-refractivity contribution is 7.89. The van der Waals surface area contributed by atoms with Gasteiger partial charge in [-0.3, -0.25) is 5.10 Å². The van der Waals surface area contributed by atoms with E-state index < -0.39 is 10.0 Å². The topological polar surface area (TPSA) is 95.1 Å². The molecule has 0 saturated carbocycles. The molecule has 0 aliphatic rings. The number of aliphatic hydroxyl groups excluding tert-OH is 1. The van der Waals surface area contributed by atoms with Crippen molar-refractivity contribution < 1.29 is 13.5 Å². The van der Waals surface area contributed by atoms with Gasteiger partial charge in [-0.1, -0.05) is 13.0 Å². The summed E-state index contributed by atoms with van der Waals surface area (Å²) in [5.74, 6) is 0. The molecule has 1 aromatic carbocycles. The van der Waals surface area contributed by atoms with Crippen LogP contribution in [0.4, 0.5) is 0 Å². The predicted molar refractivity (Wildman–Crippen MR) is 79.1 cm³/mol. The Morgan fingerprint density at radius 2 is 2.05 bits per heavy atom. The van der Waals surface area contributed by atoms with Gasteiger partial charge in [0.1, 0.15) is 0 Å². The lowest BCUT2D eigenvalue weighted by atomic mass is 10.1. The number of hydrogen-bond donors (Lipinski definition) is 3. The average Bonchev–Trinajstić information content (AvgIpc) is 2.89. The van der Waals surface area contributed by atoms with Crippen molar-refractivity contribution >= 4 is 10.0 Å². The smallest absolute Gasteiger partial charge is 0.240 e. The molecule has 0 unspecified atom stereocenters. The molecule has 0 atom stereocenters. The van der Waals surface area contributed by atoms with Gasteiger partial charge in [0.05, 0.1) is 17.7 Å². The monoisotopic (exact) mass is 309 g/mol. The van der Waals surface area contributed by atoms with Crippen LogP contribution in [-0.2, 0) is 29.6 Å². The third kappa shape index (κ3) is 3.49. The number of nitrogens with zero attached hydrogens (tertiary/aromatic N) is 1. The Kier molecular flexibility index (Phi) is 4.76. The summed E-state index contributed by atoms with van der Waals surface area (Å²) < 4.78 is 27.1. The number of H-pyrrole nitrogens is 1. The molecule has 0 aliphatic carbocycles. The summed E-state index contributed by atoms with van der Waals surface area (Å²) >= 11 is 0. The van der Waals surface area contributed by atoms with Crippen molar-refractivity contribution in [2.45, 2.75) is 38.3 Å². The summed E-state index contributed by atoms with van der Waals surface area (Å²) in [4.78, 5) is 0.157. The molecular formula is C14H19N3O3S. The molecule has 0 bridgehead atoms. The molecule has 0 saturated heterocycles. The first-order valence-corrected chi connectivity index (χ1v) is 8.17. The van der Waals surface area contributed by atoms with E-state index in [1.54, 1.807) is 18.3 Å². The molecule has 0 radical (unpaired) electrons. The summed E-state index contributed by atoms with van der Waals surface area (Å²) in [6.07, 6.45) is 2.34. The molecule has 0 aliphatic heterocycles. The van der Waals surface area contributed by atoms with Crippen LogP contribution in [0, 0.1) is 6.92 Å². The summed E-state index contributed by atoms with van der Waals surface area (Å²) in [5, 5.41) is 15.9. The molecule has 2 aromatic rings. The number of aliphatic hydroxyl groups is 1. The summed E-state index contributed by atoms with van der Waals surface area (Å²) in [5.41, 5.74) is 3.21. The van der Waals surface area contributed by atoms with Crippen LogP contribution in [0.2, 0.25) is 0 Å². The van der Waals surface area contributed by atoms with Crippen molar-refractivity contribution in [2.75, 3.05) is 0 Å². The van der Waals surface area contributed by atoms with E-state index in [1.165, 1.54) is 6.07 Å². The molecule has 1 heterocycles. The molecule has 6 nitrogen and oxygen atoms in total. The van der Waals surface area contributed by atoms with Crippen molar-refractivity contribution in [1.29, 1.82) is 0 Å². The fourth-order valence-corrected chi connectivity index (χ4v) is 3.13. The lowest BCUT2D eigenvalue weighted by Gasteiger charge is -2.10. The van der Waals surface area contributed by atoms with Crippen LogP contribution < -0.4 is 4.72 Å². The zero-order valence-electron chi connectivity index (χ0n) is 12.0. The second-order valence-corrected chi connectivity index (χ2v) is 6.55. The highest BCUT2D eigenvalue weighted by Gasteiger charge is 2.16. The van der Waals surface area contributed by atoms with E-state index in [0.29, 0.717) is 5.56 Å². The number of nitrogens with one attached hydrogen (secondary N) is 2. The van der Waals surface area contributed by atoms with Crippen molar-refractivity contribution in [2.24, 2.45) is 0 Å². The highest BCUT2D eigenvalue weighted by atomic mass is 32.2. The van der Waals surface area contributed by atoms with Crippen LogP contribution in [0.15, 0.2) is 29.3 Å². The summed E-state index contributed by atoms with van der Waals surface area (Å²) in [6, 6.07) is 4.81. The minimum atomic E-state index is -3.61. The summed E-state index contributed by atoms with van der Waals surface area (Å²) in [6.45, 7) is 3.79. The molecule has 3 N–H and O–H groups in total. The van der Waals surface area contributed by atoms with E-state index >= 15 is 0 Å². The van der Waals surface area contributed by atoms with Gasteiger partial charge in [-0.05, 0) is 36.6 Å². The quantitative estimate of drug-likeness (QED) is 0.748. The fraction of sp³-hybridized carbons (Fsp3) is 0.357. The highest BCUT2D eigenvalue weighted by Crippen LogP contribution is 2.17. The van der Waals surface area contributed by atoms with E-state index in [-0.39, 0.29) is 18.0 Å². The fourth-order valence-electron chi connectivity index (χ4n) is 2.07. The van der Waals surface area contributed by atoms with E-state index in [4.69, 9.17) is 0 Å². The number of sulfonamides is 1. The lowest BCUT2D eigenvalue weighted by molar-refractivity contribution is 0.280. The standard InChI is InChI=1S/C14H19N3O3S/c1-3-11-4-5-14(6-12(11)9-18)21(19,20)16-8-13-7-15-17-10(13)2/h4-7,16,18H,3,8-9H2,1-2H3,(H,15,17). The molecule has 114 valence electrons. The van der Waals surface area contributed by atoms with Gasteiger partial charge >= 0.3 is 0 Å². The maximum atomic E-state index is 12.3. The van der Waals surface area contributed by atoms with Crippen LogP contribution in [0.25, 0.3) is 0 Å². The van der Waals surface area contributed by atoms with Gasteiger partial charge in [0.25, 0.3) is 0 Å². The van der Waals surface area contributed by atoms with Crippen molar-refractivity contribution in [3.63, 3.8) is 0 Å². The Balaban J connectivity index is 2.21. The lowest BCUT2D eigenvalue weighted by Crippen LogP contribution is -2.23. The Morgan fingerprint density at radius 3 is 2.62 bits per heavy atom. The van der Waals surface area contributed by atoms with Gasteiger partial charge in [-0.15, -0.1) is 0 Å². The normalized spacial score (nSPS) is 11.8. The van der Waals surface area contributed by atoms with Gasteiger partial charge in [0.15, 0.2) is 0 Å². The van der Waals surface area contributed by atoms with E-state index in [9.17, 15) is 13.5 Å². The Labute approximate surface area is 124 Å². The van der Waals surface area contributed by atoms with Gasteiger partial charge in [0.2, 0.25) is 10.0 Å². The number of aryl methyl sites for hydroxylation is 2. The minimum absolute atomic E-state index is 0.157. The predicted octanol–water partition coefficient (Wildman–Crippen LogP) is 1.25. The number of benzene rings is 1. The summed E-state index contributed by atoms with van der Waals surface area (Å²) in [7, 11) is -3.61. The number of aromatic nitrogens is 2. The first-order valence-electron chi connectivity index (χ1n) is 6.69. The molecule has 2 rings (SSSR count). The van der Waals surface area contributed by atoms with Gasteiger partial charge in [-0.2, -0.15) is 5.10 Å². The number of hydrogen-bond acceptors (Lipinski definition) is 4. The van der Waals surface area contributed by atoms with E-state index in [2.05, 4.69) is 14.9 Å². The van der Waals surface area contributed by atoms with Crippen LogP contribution in [0.1, 0.15) is 29.3 Å². The zero-order chi connectivity index (χ0) is 15.5. The molecule has 0 amide bonds. The van der Waals surface area contributed by atoms with E-state index in [1.807, 2.05) is 13.8 Å². The second-order valence-electron chi connectivity index (χ2n) is 4.79. The Hall–Kier alpha value is -1.70. The minimum Gasteiger partial charge on any atom is -0.392 e. The third-order valence-electron chi connectivity index (χ3n) is 3.43. The SMILES string of the molecule is CCc1ccc(S(=O)(=O)NCc2cn[nH]c2C)cc1CO. The molecule has 7 heteroatoms. The van der Waals surface area contributed by atoms with Crippen molar-refractivity contribution in [3.05, 3.63) is 46.8 Å². The van der Waals surface area contributed by atoms with Crippen molar-refractivity contribution in [3.8, 4) is 0 Å². The number of aromatic amines is 1. The van der Waals surface area contributed by atoms with Gasteiger partial charge < -0.3 is 5.11 Å². The van der Waals surface area contributed by atoms with Crippen LogP contribution in [0.5, 0.6) is 0 Å². The molecule has 0 fully saturated rings. The zero-order valence-corrected chi connectivity index (χ0v) is 12.9. The second kappa shape index (κ2) is 6.38. The Morgan fingerprint density at radius 1 is 1.29 bits per heavy atom.